The third kappa shape index (κ3) is 2.98. The molecule has 1 saturated heterocycles. The number of aryl methyl sites for hydroxylation is 1. The normalized spacial score (nSPS) is 16.1. The number of nitrogens with zero attached hydrogens (tertiary/aromatic N) is 4. The molecule has 0 aromatic carbocycles. The van der Waals surface area contributed by atoms with E-state index in [1.165, 1.54) is 10.9 Å². The van der Waals surface area contributed by atoms with Gasteiger partial charge in [-0.15, -0.1) is 0 Å². The summed E-state index contributed by atoms with van der Waals surface area (Å²) >= 11 is 0. The molecule has 1 aliphatic heterocycles. The van der Waals surface area contributed by atoms with Gasteiger partial charge < -0.3 is 15.3 Å². The van der Waals surface area contributed by atoms with Gasteiger partial charge in [0.2, 0.25) is 5.82 Å². The van der Waals surface area contributed by atoms with Gasteiger partial charge in [0.25, 0.3) is 0 Å². The lowest BCUT2D eigenvalue weighted by molar-refractivity contribution is -0.384. The van der Waals surface area contributed by atoms with Crippen molar-refractivity contribution in [1.29, 1.82) is 0 Å². The van der Waals surface area contributed by atoms with Gasteiger partial charge in [-0.1, -0.05) is 0 Å². The van der Waals surface area contributed by atoms with Crippen LogP contribution in [0.25, 0.3) is 0 Å². The molecule has 1 fully saturated rings. The van der Waals surface area contributed by atoms with Crippen LogP contribution in [0.4, 0.5) is 16.3 Å². The Morgan fingerprint density at radius 1 is 1.60 bits per heavy atom. The monoisotopic (exact) mass is 283 g/mol. The van der Waals surface area contributed by atoms with Crippen molar-refractivity contribution in [3.05, 3.63) is 16.3 Å². The summed E-state index contributed by atoms with van der Waals surface area (Å²) in [4.78, 5) is 22.9. The second-order valence-electron chi connectivity index (χ2n) is 4.85. The summed E-state index contributed by atoms with van der Waals surface area (Å²) in [5.41, 5.74) is 0.00890. The first kappa shape index (κ1) is 14.1. The zero-order valence-corrected chi connectivity index (χ0v) is 11.2. The molecular formula is C11H17N5O4. The highest BCUT2D eigenvalue weighted by Crippen LogP contribution is 2.30. The molecule has 1 aromatic rings. The van der Waals surface area contributed by atoms with Crippen LogP contribution in [0.2, 0.25) is 0 Å². The van der Waals surface area contributed by atoms with Crippen molar-refractivity contribution in [3.8, 4) is 0 Å². The Labute approximate surface area is 115 Å². The fourth-order valence-electron chi connectivity index (χ4n) is 2.50. The molecule has 1 aromatic heterocycles. The van der Waals surface area contributed by atoms with E-state index in [0.29, 0.717) is 25.5 Å². The van der Waals surface area contributed by atoms with Gasteiger partial charge in [-0.05, 0) is 18.8 Å². The molecule has 0 radical (unpaired) electrons. The molecular weight excluding hydrogens is 266 g/mol. The van der Waals surface area contributed by atoms with Crippen LogP contribution in [0, 0.1) is 16.0 Å². The Morgan fingerprint density at radius 2 is 2.25 bits per heavy atom. The van der Waals surface area contributed by atoms with E-state index in [1.54, 1.807) is 7.05 Å². The second kappa shape index (κ2) is 5.76. The van der Waals surface area contributed by atoms with Crippen LogP contribution in [0.1, 0.15) is 12.8 Å². The summed E-state index contributed by atoms with van der Waals surface area (Å²) in [5.74, 6) is 0.786. The first-order valence-electron chi connectivity index (χ1n) is 6.37. The van der Waals surface area contributed by atoms with Gasteiger partial charge in [0.05, 0.1) is 4.92 Å². The van der Waals surface area contributed by atoms with Crippen LogP contribution < -0.4 is 10.2 Å². The van der Waals surface area contributed by atoms with E-state index < -0.39 is 11.0 Å². The first-order valence-corrected chi connectivity index (χ1v) is 6.37. The van der Waals surface area contributed by atoms with Gasteiger partial charge in [0.1, 0.15) is 6.20 Å². The van der Waals surface area contributed by atoms with E-state index in [4.69, 9.17) is 5.11 Å². The highest BCUT2D eigenvalue weighted by molar-refractivity contribution is 5.64. The lowest BCUT2D eigenvalue weighted by Crippen LogP contribution is -2.39. The Bertz CT molecular complexity index is 507. The van der Waals surface area contributed by atoms with Crippen LogP contribution in [0.5, 0.6) is 0 Å². The number of hydrogen-bond donors (Lipinski definition) is 2. The lowest BCUT2D eigenvalue weighted by Gasteiger charge is -2.32. The number of amides is 1. The summed E-state index contributed by atoms with van der Waals surface area (Å²) in [6, 6.07) is 0. The third-order valence-corrected chi connectivity index (χ3v) is 3.54. The van der Waals surface area contributed by atoms with E-state index in [1.807, 2.05) is 4.90 Å². The Balaban J connectivity index is 1.99. The summed E-state index contributed by atoms with van der Waals surface area (Å²) < 4.78 is 1.51. The number of carboxylic acid groups (broad SMARTS) is 1. The van der Waals surface area contributed by atoms with Gasteiger partial charge in [0, 0.05) is 26.7 Å². The Morgan fingerprint density at radius 3 is 2.80 bits per heavy atom. The molecule has 0 saturated carbocycles. The van der Waals surface area contributed by atoms with E-state index in [-0.39, 0.29) is 11.6 Å². The molecule has 0 spiro atoms. The van der Waals surface area contributed by atoms with Gasteiger partial charge in [-0.2, -0.15) is 5.10 Å². The van der Waals surface area contributed by atoms with Crippen LogP contribution >= 0.6 is 0 Å². The molecule has 2 rings (SSSR count). The predicted molar refractivity (Wildman–Crippen MR) is 70.8 cm³/mol. The van der Waals surface area contributed by atoms with E-state index in [2.05, 4.69) is 10.4 Å². The number of hydrogen-bond acceptors (Lipinski definition) is 5. The number of carbonyl (C=O) groups is 1. The zero-order chi connectivity index (χ0) is 14.7. The summed E-state index contributed by atoms with van der Waals surface area (Å²) in [6.45, 7) is 1.75. The van der Waals surface area contributed by atoms with Crippen molar-refractivity contribution in [2.45, 2.75) is 12.8 Å². The SMILES string of the molecule is Cn1ncc([N+](=O)[O-])c1N1CCC(CNC(=O)O)CC1. The van der Waals surface area contributed by atoms with Gasteiger partial charge in [-0.3, -0.25) is 10.1 Å². The standard InChI is InChI=1S/C11H17N5O4/c1-14-10(9(7-13-14)16(19)20)15-4-2-8(3-5-15)6-12-11(17)18/h7-8,12H,2-6H2,1H3,(H,17,18). The van der Waals surface area contributed by atoms with Crippen molar-refractivity contribution in [1.82, 2.24) is 15.1 Å². The van der Waals surface area contributed by atoms with Crippen molar-refractivity contribution in [2.24, 2.45) is 13.0 Å². The number of rotatable bonds is 4. The molecule has 1 aliphatic rings. The quantitative estimate of drug-likeness (QED) is 0.624. The largest absolute Gasteiger partial charge is 0.465 e. The summed E-state index contributed by atoms with van der Waals surface area (Å²) in [5, 5.41) is 25.9. The minimum absolute atomic E-state index is 0.00890. The number of anilines is 1. The fourth-order valence-corrected chi connectivity index (χ4v) is 2.50. The van der Waals surface area contributed by atoms with Gasteiger partial charge in [0.15, 0.2) is 0 Å². The highest BCUT2D eigenvalue weighted by Gasteiger charge is 2.28. The molecule has 1 amide bonds. The molecule has 0 unspecified atom stereocenters. The van der Waals surface area contributed by atoms with Crippen molar-refractivity contribution < 1.29 is 14.8 Å². The second-order valence-corrected chi connectivity index (χ2v) is 4.85. The first-order chi connectivity index (χ1) is 9.49. The number of nitro groups is 1. The Kier molecular flexibility index (Phi) is 4.06. The van der Waals surface area contributed by atoms with Crippen molar-refractivity contribution >= 4 is 17.6 Å². The van der Waals surface area contributed by atoms with Crippen molar-refractivity contribution in [3.63, 3.8) is 0 Å². The maximum Gasteiger partial charge on any atom is 0.404 e. The molecule has 2 N–H and O–H groups in total. The number of nitrogens with one attached hydrogen (secondary N) is 1. The topological polar surface area (TPSA) is 114 Å². The average Bonchev–Trinajstić information content (AvgIpc) is 2.79. The Hall–Kier alpha value is -2.32. The fraction of sp³-hybridized carbons (Fsp3) is 0.636. The maximum atomic E-state index is 11.0. The maximum absolute atomic E-state index is 11.0. The third-order valence-electron chi connectivity index (χ3n) is 3.54. The smallest absolute Gasteiger partial charge is 0.404 e. The summed E-state index contributed by atoms with van der Waals surface area (Å²) in [6.07, 6.45) is 1.83. The minimum atomic E-state index is -1.02. The number of piperidine rings is 1. The highest BCUT2D eigenvalue weighted by atomic mass is 16.6. The van der Waals surface area contributed by atoms with Gasteiger partial charge >= 0.3 is 11.8 Å². The average molecular weight is 283 g/mol. The zero-order valence-electron chi connectivity index (χ0n) is 11.2. The molecule has 9 heteroatoms. The molecule has 20 heavy (non-hydrogen) atoms. The molecule has 110 valence electrons. The van der Waals surface area contributed by atoms with Gasteiger partial charge in [-0.25, -0.2) is 9.48 Å². The molecule has 2 heterocycles. The molecule has 0 atom stereocenters. The minimum Gasteiger partial charge on any atom is -0.465 e. The van der Waals surface area contributed by atoms with E-state index >= 15 is 0 Å². The summed E-state index contributed by atoms with van der Waals surface area (Å²) in [7, 11) is 1.68. The van der Waals surface area contributed by atoms with Crippen molar-refractivity contribution in [2.75, 3.05) is 24.5 Å². The van der Waals surface area contributed by atoms with Crippen LogP contribution in [0.3, 0.4) is 0 Å². The molecule has 0 bridgehead atoms. The van der Waals surface area contributed by atoms with Crippen LogP contribution in [-0.4, -0.2) is 45.5 Å². The van der Waals surface area contributed by atoms with Crippen LogP contribution in [0.15, 0.2) is 6.20 Å². The molecule has 0 aliphatic carbocycles. The molecule has 9 nitrogen and oxygen atoms in total. The van der Waals surface area contributed by atoms with E-state index in [9.17, 15) is 14.9 Å². The van der Waals surface area contributed by atoms with E-state index in [0.717, 1.165) is 12.8 Å². The van der Waals surface area contributed by atoms with Crippen LogP contribution in [-0.2, 0) is 7.05 Å². The predicted octanol–water partition coefficient (Wildman–Crippen LogP) is 0.812. The number of aromatic nitrogens is 2. The lowest BCUT2D eigenvalue weighted by atomic mass is 9.97.